The van der Waals surface area contributed by atoms with Crippen molar-refractivity contribution in [1.82, 2.24) is 39.4 Å². The smallest absolute Gasteiger partial charge is 0.262 e. The maximum Gasteiger partial charge on any atom is 0.262 e. The standard InChI is InChI=1S/C19H15FN8O/c1-2-26-18(29)14-8-3-4-9-15(14)28-16(21-23-19(26)28)11-27-24-17(22-25-27)12-6-5-7-13(20)10-12/h3-10H,2,11H2,1H3. The van der Waals surface area contributed by atoms with Crippen LogP contribution in [0.4, 0.5) is 4.39 Å². The summed E-state index contributed by atoms with van der Waals surface area (Å²) in [5, 5.41) is 21.4. The van der Waals surface area contributed by atoms with Crippen molar-refractivity contribution in [2.24, 2.45) is 0 Å². The molecule has 0 atom stereocenters. The summed E-state index contributed by atoms with van der Waals surface area (Å²) in [4.78, 5) is 14.1. The highest BCUT2D eigenvalue weighted by Crippen LogP contribution is 2.17. The highest BCUT2D eigenvalue weighted by molar-refractivity contribution is 5.80. The van der Waals surface area contributed by atoms with Crippen LogP contribution in [0.15, 0.2) is 53.3 Å². The highest BCUT2D eigenvalue weighted by Gasteiger charge is 2.17. The molecule has 0 aliphatic heterocycles. The molecule has 0 aliphatic carbocycles. The van der Waals surface area contributed by atoms with E-state index in [0.717, 1.165) is 0 Å². The number of nitrogens with zero attached hydrogens (tertiary/aromatic N) is 8. The third-order valence-electron chi connectivity index (χ3n) is 4.71. The normalized spacial score (nSPS) is 11.5. The first kappa shape index (κ1) is 17.2. The lowest BCUT2D eigenvalue weighted by atomic mass is 10.2. The molecule has 0 radical (unpaired) electrons. The molecule has 0 fully saturated rings. The largest absolute Gasteiger partial charge is 0.277 e. The Labute approximate surface area is 163 Å². The number of halogens is 1. The Bertz CT molecular complexity index is 1420. The summed E-state index contributed by atoms with van der Waals surface area (Å²) >= 11 is 0. The van der Waals surface area contributed by atoms with Crippen LogP contribution in [0.5, 0.6) is 0 Å². The van der Waals surface area contributed by atoms with Crippen LogP contribution in [0.25, 0.3) is 28.1 Å². The van der Waals surface area contributed by atoms with E-state index in [9.17, 15) is 9.18 Å². The van der Waals surface area contributed by atoms with Crippen LogP contribution in [-0.4, -0.2) is 39.4 Å². The maximum absolute atomic E-state index is 13.5. The van der Waals surface area contributed by atoms with Gasteiger partial charge in [-0.15, -0.1) is 20.4 Å². The summed E-state index contributed by atoms with van der Waals surface area (Å²) in [6.45, 7) is 2.54. The van der Waals surface area contributed by atoms with E-state index >= 15 is 0 Å². The molecular weight excluding hydrogens is 375 g/mol. The topological polar surface area (TPSA) is 95.8 Å². The van der Waals surface area contributed by atoms with E-state index in [2.05, 4.69) is 25.6 Å². The van der Waals surface area contributed by atoms with Crippen molar-refractivity contribution in [2.75, 3.05) is 0 Å². The fraction of sp³-hybridized carbons (Fsp3) is 0.158. The number of aryl methyl sites for hydroxylation is 1. The molecule has 0 unspecified atom stereocenters. The van der Waals surface area contributed by atoms with Crippen LogP contribution in [0.2, 0.25) is 0 Å². The summed E-state index contributed by atoms with van der Waals surface area (Å²) in [5.74, 6) is 0.957. The highest BCUT2D eigenvalue weighted by atomic mass is 19.1. The Morgan fingerprint density at radius 2 is 1.90 bits per heavy atom. The molecule has 0 amide bonds. The molecular formula is C19H15FN8O. The quantitative estimate of drug-likeness (QED) is 0.465. The van der Waals surface area contributed by atoms with Crippen LogP contribution < -0.4 is 5.56 Å². The van der Waals surface area contributed by atoms with E-state index in [1.54, 1.807) is 22.8 Å². The molecule has 144 valence electrons. The van der Waals surface area contributed by atoms with Gasteiger partial charge in [0.2, 0.25) is 11.6 Å². The second-order valence-corrected chi connectivity index (χ2v) is 6.47. The Morgan fingerprint density at radius 1 is 1.03 bits per heavy atom. The first-order chi connectivity index (χ1) is 14.2. The fourth-order valence-corrected chi connectivity index (χ4v) is 3.38. The lowest BCUT2D eigenvalue weighted by Gasteiger charge is -2.09. The molecule has 0 bridgehead atoms. The molecule has 9 nitrogen and oxygen atoms in total. The van der Waals surface area contributed by atoms with E-state index in [1.807, 2.05) is 29.5 Å². The van der Waals surface area contributed by atoms with E-state index in [1.165, 1.54) is 16.9 Å². The molecule has 10 heteroatoms. The van der Waals surface area contributed by atoms with Gasteiger partial charge in [-0.1, -0.05) is 24.3 Å². The summed E-state index contributed by atoms with van der Waals surface area (Å²) in [5.41, 5.74) is 1.14. The number of hydrogen-bond donors (Lipinski definition) is 0. The zero-order valence-corrected chi connectivity index (χ0v) is 15.4. The number of aromatic nitrogens is 8. The Balaban J connectivity index is 1.62. The minimum Gasteiger partial charge on any atom is -0.277 e. The third-order valence-corrected chi connectivity index (χ3v) is 4.71. The van der Waals surface area contributed by atoms with Gasteiger partial charge in [-0.25, -0.2) is 4.39 Å². The van der Waals surface area contributed by atoms with Gasteiger partial charge in [-0.3, -0.25) is 13.8 Å². The molecule has 0 spiro atoms. The second kappa shape index (κ2) is 6.59. The zero-order valence-electron chi connectivity index (χ0n) is 15.4. The molecule has 0 saturated carbocycles. The lowest BCUT2D eigenvalue weighted by Crippen LogP contribution is -2.23. The molecule has 2 aromatic carbocycles. The van der Waals surface area contributed by atoms with E-state index in [0.29, 0.717) is 40.4 Å². The minimum absolute atomic E-state index is 0.109. The number of benzene rings is 2. The SMILES string of the molecule is CCn1c(=O)c2ccccc2n2c(Cn3nnc(-c4cccc(F)c4)n3)nnc12. The van der Waals surface area contributed by atoms with Crippen molar-refractivity contribution in [2.45, 2.75) is 20.0 Å². The number of fused-ring (bicyclic) bond motifs is 3. The van der Waals surface area contributed by atoms with Crippen LogP contribution in [0.3, 0.4) is 0 Å². The Kier molecular flexibility index (Phi) is 3.90. The van der Waals surface area contributed by atoms with Crippen LogP contribution >= 0.6 is 0 Å². The maximum atomic E-state index is 13.5. The molecule has 3 heterocycles. The van der Waals surface area contributed by atoms with E-state index < -0.39 is 0 Å². The van der Waals surface area contributed by atoms with Gasteiger partial charge in [-0.2, -0.15) is 4.80 Å². The molecule has 5 aromatic rings. The average molecular weight is 390 g/mol. The molecule has 0 N–H and O–H groups in total. The summed E-state index contributed by atoms with van der Waals surface area (Å²) in [6.07, 6.45) is 0. The van der Waals surface area contributed by atoms with Crippen molar-refractivity contribution in [3.8, 4) is 11.4 Å². The monoisotopic (exact) mass is 390 g/mol. The number of tetrazole rings is 1. The van der Waals surface area contributed by atoms with Crippen molar-refractivity contribution in [1.29, 1.82) is 0 Å². The van der Waals surface area contributed by atoms with Gasteiger partial charge in [0, 0.05) is 12.1 Å². The Hall–Kier alpha value is -3.95. The van der Waals surface area contributed by atoms with E-state index in [-0.39, 0.29) is 17.9 Å². The predicted octanol–water partition coefficient (Wildman–Crippen LogP) is 1.90. The van der Waals surface area contributed by atoms with Crippen molar-refractivity contribution in [3.63, 3.8) is 0 Å². The van der Waals surface area contributed by atoms with Crippen LogP contribution in [-0.2, 0) is 13.1 Å². The van der Waals surface area contributed by atoms with Gasteiger partial charge >= 0.3 is 0 Å². The lowest BCUT2D eigenvalue weighted by molar-refractivity contribution is 0.552. The molecule has 5 rings (SSSR count). The van der Waals surface area contributed by atoms with Gasteiger partial charge in [0.15, 0.2) is 5.82 Å². The van der Waals surface area contributed by atoms with Gasteiger partial charge in [-0.05, 0) is 36.4 Å². The van der Waals surface area contributed by atoms with Crippen molar-refractivity contribution < 1.29 is 4.39 Å². The minimum atomic E-state index is -0.369. The average Bonchev–Trinajstić information content (AvgIpc) is 3.37. The van der Waals surface area contributed by atoms with E-state index in [4.69, 9.17) is 0 Å². The summed E-state index contributed by atoms with van der Waals surface area (Å²) in [6, 6.07) is 13.3. The fourth-order valence-electron chi connectivity index (χ4n) is 3.38. The molecule has 3 aromatic heterocycles. The zero-order chi connectivity index (χ0) is 20.0. The first-order valence-corrected chi connectivity index (χ1v) is 9.05. The van der Waals surface area contributed by atoms with Crippen LogP contribution in [0.1, 0.15) is 12.7 Å². The van der Waals surface area contributed by atoms with Gasteiger partial charge in [0.25, 0.3) is 5.56 Å². The number of hydrogen-bond acceptors (Lipinski definition) is 6. The molecule has 29 heavy (non-hydrogen) atoms. The van der Waals surface area contributed by atoms with Gasteiger partial charge < -0.3 is 0 Å². The van der Waals surface area contributed by atoms with Gasteiger partial charge in [0.05, 0.1) is 10.9 Å². The summed E-state index contributed by atoms with van der Waals surface area (Å²) in [7, 11) is 0. The first-order valence-electron chi connectivity index (χ1n) is 9.05. The summed E-state index contributed by atoms with van der Waals surface area (Å²) < 4.78 is 16.9. The van der Waals surface area contributed by atoms with Crippen LogP contribution in [0, 0.1) is 5.82 Å². The predicted molar refractivity (Wildman–Crippen MR) is 103 cm³/mol. The third kappa shape index (κ3) is 2.76. The number of para-hydroxylation sites is 1. The number of rotatable bonds is 4. The van der Waals surface area contributed by atoms with Crippen molar-refractivity contribution in [3.05, 3.63) is 70.5 Å². The Morgan fingerprint density at radius 3 is 2.72 bits per heavy atom. The second-order valence-electron chi connectivity index (χ2n) is 6.47. The van der Waals surface area contributed by atoms with Gasteiger partial charge in [0.1, 0.15) is 12.4 Å². The molecule has 0 aliphatic rings. The van der Waals surface area contributed by atoms with Crippen molar-refractivity contribution >= 4 is 16.7 Å². The molecule has 0 saturated heterocycles.